The van der Waals surface area contributed by atoms with Crippen molar-refractivity contribution in [3.05, 3.63) is 35.4 Å². The first-order valence-electron chi connectivity index (χ1n) is 7.22. The summed E-state index contributed by atoms with van der Waals surface area (Å²) in [6, 6.07) is 7.48. The molecule has 1 aromatic rings. The molecule has 1 aliphatic heterocycles. The van der Waals surface area contributed by atoms with E-state index in [1.54, 1.807) is 16.7 Å². The van der Waals surface area contributed by atoms with E-state index in [2.05, 4.69) is 0 Å². The molecule has 1 heterocycles. The van der Waals surface area contributed by atoms with Gasteiger partial charge in [-0.05, 0) is 43.2 Å². The standard InChI is InChI=1S/C16H21NO3S/c1-21-11-12-5-4-6-13(9-12)16(20)17-8-3-2-7-14(17)10-15(18)19/h4-6,9,14H,2-3,7-8,10-11H2,1H3,(H,18,19). The number of aliphatic carboxylic acids is 1. The van der Waals surface area contributed by atoms with Crippen molar-refractivity contribution in [3.63, 3.8) is 0 Å². The number of hydrogen-bond acceptors (Lipinski definition) is 3. The lowest BCUT2D eigenvalue weighted by Gasteiger charge is -2.35. The lowest BCUT2D eigenvalue weighted by Crippen LogP contribution is -2.44. The van der Waals surface area contributed by atoms with Crippen LogP contribution in [0.1, 0.15) is 41.6 Å². The largest absolute Gasteiger partial charge is 0.481 e. The molecule has 1 N–H and O–H groups in total. The van der Waals surface area contributed by atoms with E-state index >= 15 is 0 Å². The fraction of sp³-hybridized carbons (Fsp3) is 0.500. The molecule has 0 spiro atoms. The van der Waals surface area contributed by atoms with Crippen LogP contribution in [-0.4, -0.2) is 40.7 Å². The number of amides is 1. The Morgan fingerprint density at radius 3 is 2.90 bits per heavy atom. The number of carbonyl (C=O) groups excluding carboxylic acids is 1. The summed E-state index contributed by atoms with van der Waals surface area (Å²) in [7, 11) is 0. The van der Waals surface area contributed by atoms with E-state index in [9.17, 15) is 9.59 Å². The molecule has 4 nitrogen and oxygen atoms in total. The smallest absolute Gasteiger partial charge is 0.305 e. The Balaban J connectivity index is 2.16. The highest BCUT2D eigenvalue weighted by Crippen LogP contribution is 2.23. The fourth-order valence-electron chi connectivity index (χ4n) is 2.81. The van der Waals surface area contributed by atoms with Crippen LogP contribution in [0.2, 0.25) is 0 Å². The number of carbonyl (C=O) groups is 2. The van der Waals surface area contributed by atoms with Crippen molar-refractivity contribution >= 4 is 23.6 Å². The molecule has 1 amide bonds. The summed E-state index contributed by atoms with van der Waals surface area (Å²) >= 11 is 1.72. The van der Waals surface area contributed by atoms with Gasteiger partial charge in [-0.15, -0.1) is 0 Å². The van der Waals surface area contributed by atoms with E-state index in [1.807, 2.05) is 30.5 Å². The first kappa shape index (κ1) is 15.9. The molecule has 21 heavy (non-hydrogen) atoms. The molecule has 0 aliphatic carbocycles. The summed E-state index contributed by atoms with van der Waals surface area (Å²) < 4.78 is 0. The second kappa shape index (κ2) is 7.50. The first-order valence-corrected chi connectivity index (χ1v) is 8.62. The molecule has 1 atom stereocenters. The summed E-state index contributed by atoms with van der Waals surface area (Å²) in [6.07, 6.45) is 4.79. The van der Waals surface area contributed by atoms with Gasteiger partial charge in [0.15, 0.2) is 0 Å². The van der Waals surface area contributed by atoms with Crippen molar-refractivity contribution in [2.45, 2.75) is 37.5 Å². The fourth-order valence-corrected chi connectivity index (χ4v) is 3.32. The van der Waals surface area contributed by atoms with Gasteiger partial charge in [0.05, 0.1) is 6.42 Å². The highest BCUT2D eigenvalue weighted by Gasteiger charge is 2.29. The maximum absolute atomic E-state index is 12.7. The molecule has 0 aromatic heterocycles. The Labute approximate surface area is 129 Å². The zero-order chi connectivity index (χ0) is 15.2. The monoisotopic (exact) mass is 307 g/mol. The van der Waals surface area contributed by atoms with Crippen LogP contribution in [0.4, 0.5) is 0 Å². The Kier molecular flexibility index (Phi) is 5.67. The van der Waals surface area contributed by atoms with Crippen molar-refractivity contribution in [1.29, 1.82) is 0 Å². The Hall–Kier alpha value is -1.49. The van der Waals surface area contributed by atoms with Crippen molar-refractivity contribution in [2.24, 2.45) is 0 Å². The minimum absolute atomic E-state index is 0.0379. The zero-order valence-electron chi connectivity index (χ0n) is 12.2. The highest BCUT2D eigenvalue weighted by molar-refractivity contribution is 7.97. The van der Waals surface area contributed by atoms with Crippen LogP contribution < -0.4 is 0 Å². The predicted octanol–water partition coefficient (Wildman–Crippen LogP) is 3.02. The van der Waals surface area contributed by atoms with E-state index < -0.39 is 5.97 Å². The summed E-state index contributed by atoms with van der Waals surface area (Å²) in [5.41, 5.74) is 1.79. The van der Waals surface area contributed by atoms with Crippen molar-refractivity contribution < 1.29 is 14.7 Å². The Morgan fingerprint density at radius 2 is 2.19 bits per heavy atom. The normalized spacial score (nSPS) is 18.5. The van der Waals surface area contributed by atoms with Gasteiger partial charge in [-0.2, -0.15) is 11.8 Å². The predicted molar refractivity (Wildman–Crippen MR) is 84.6 cm³/mol. The van der Waals surface area contributed by atoms with Gasteiger partial charge in [0.2, 0.25) is 0 Å². The number of benzene rings is 1. The number of carboxylic acid groups (broad SMARTS) is 1. The van der Waals surface area contributed by atoms with E-state index in [0.29, 0.717) is 12.1 Å². The minimum Gasteiger partial charge on any atom is -0.481 e. The molecule has 1 fully saturated rings. The van der Waals surface area contributed by atoms with Gasteiger partial charge in [0, 0.05) is 23.9 Å². The molecule has 1 aliphatic rings. The number of likely N-dealkylation sites (tertiary alicyclic amines) is 1. The third-order valence-corrected chi connectivity index (χ3v) is 4.41. The molecule has 5 heteroatoms. The average molecular weight is 307 g/mol. The topological polar surface area (TPSA) is 57.6 Å². The number of nitrogens with zero attached hydrogens (tertiary/aromatic N) is 1. The third kappa shape index (κ3) is 4.24. The molecule has 0 saturated carbocycles. The van der Waals surface area contributed by atoms with Crippen LogP contribution >= 0.6 is 11.8 Å². The maximum atomic E-state index is 12.7. The van der Waals surface area contributed by atoms with Gasteiger partial charge in [-0.1, -0.05) is 12.1 Å². The number of hydrogen-bond donors (Lipinski definition) is 1. The SMILES string of the molecule is CSCc1cccc(C(=O)N2CCCCC2CC(=O)O)c1. The van der Waals surface area contributed by atoms with Crippen LogP contribution in [0, 0.1) is 0 Å². The molecular weight excluding hydrogens is 286 g/mol. The van der Waals surface area contributed by atoms with E-state index in [0.717, 1.165) is 30.6 Å². The number of carboxylic acids is 1. The van der Waals surface area contributed by atoms with Gasteiger partial charge in [-0.3, -0.25) is 9.59 Å². The number of piperidine rings is 1. The molecular formula is C16H21NO3S. The summed E-state index contributed by atoms with van der Waals surface area (Å²) in [4.78, 5) is 25.4. The minimum atomic E-state index is -0.837. The Bertz CT molecular complexity index is 518. The van der Waals surface area contributed by atoms with Gasteiger partial charge in [-0.25, -0.2) is 0 Å². The Morgan fingerprint density at radius 1 is 1.38 bits per heavy atom. The van der Waals surface area contributed by atoms with Gasteiger partial charge in [0.1, 0.15) is 0 Å². The van der Waals surface area contributed by atoms with Crippen LogP contribution in [0.5, 0.6) is 0 Å². The molecule has 0 radical (unpaired) electrons. The van der Waals surface area contributed by atoms with Crippen LogP contribution in [0.25, 0.3) is 0 Å². The third-order valence-electron chi connectivity index (χ3n) is 3.78. The van der Waals surface area contributed by atoms with Crippen molar-refractivity contribution in [3.8, 4) is 0 Å². The van der Waals surface area contributed by atoms with Crippen LogP contribution in [-0.2, 0) is 10.5 Å². The summed E-state index contributed by atoms with van der Waals surface area (Å²) in [5, 5.41) is 9.01. The van der Waals surface area contributed by atoms with Gasteiger partial charge in [0.25, 0.3) is 5.91 Å². The highest BCUT2D eigenvalue weighted by atomic mass is 32.2. The van der Waals surface area contributed by atoms with E-state index in [1.165, 1.54) is 0 Å². The molecule has 0 bridgehead atoms. The second-order valence-electron chi connectivity index (χ2n) is 5.38. The average Bonchev–Trinajstić information content (AvgIpc) is 2.47. The lowest BCUT2D eigenvalue weighted by molar-refractivity contribution is -0.138. The van der Waals surface area contributed by atoms with E-state index in [4.69, 9.17) is 5.11 Å². The summed E-state index contributed by atoms with van der Waals surface area (Å²) in [6.45, 7) is 0.656. The molecule has 1 aromatic carbocycles. The lowest BCUT2D eigenvalue weighted by atomic mass is 9.98. The van der Waals surface area contributed by atoms with E-state index in [-0.39, 0.29) is 18.4 Å². The zero-order valence-corrected chi connectivity index (χ0v) is 13.1. The summed E-state index contributed by atoms with van der Waals surface area (Å²) in [5.74, 6) is -0.000567. The number of thioether (sulfide) groups is 1. The van der Waals surface area contributed by atoms with Crippen LogP contribution in [0.3, 0.4) is 0 Å². The van der Waals surface area contributed by atoms with Gasteiger partial charge < -0.3 is 10.0 Å². The van der Waals surface area contributed by atoms with Crippen molar-refractivity contribution in [2.75, 3.05) is 12.8 Å². The van der Waals surface area contributed by atoms with Gasteiger partial charge >= 0.3 is 5.97 Å². The molecule has 1 saturated heterocycles. The number of rotatable bonds is 5. The molecule has 114 valence electrons. The first-order chi connectivity index (χ1) is 10.1. The quantitative estimate of drug-likeness (QED) is 0.908. The maximum Gasteiger partial charge on any atom is 0.305 e. The van der Waals surface area contributed by atoms with Crippen molar-refractivity contribution in [1.82, 2.24) is 4.90 Å². The second-order valence-corrected chi connectivity index (χ2v) is 6.25. The molecule has 1 unspecified atom stereocenters. The van der Waals surface area contributed by atoms with Crippen LogP contribution in [0.15, 0.2) is 24.3 Å². The molecule has 2 rings (SSSR count).